The molecule has 1 rings (SSSR count). The van der Waals surface area contributed by atoms with Gasteiger partial charge in [-0.15, -0.1) is 0 Å². The molecule has 0 radical (unpaired) electrons. The Kier molecular flexibility index (Phi) is 6.67. The van der Waals surface area contributed by atoms with Crippen molar-refractivity contribution in [3.63, 3.8) is 0 Å². The SMILES string of the molecule is CC(C)(C)CC(CO)NC(=O)c1cc(OCC(F)F)ccn1. The lowest BCUT2D eigenvalue weighted by Gasteiger charge is -2.25. The van der Waals surface area contributed by atoms with Gasteiger partial charge in [0.25, 0.3) is 12.3 Å². The number of pyridine rings is 1. The quantitative estimate of drug-likeness (QED) is 0.809. The van der Waals surface area contributed by atoms with E-state index >= 15 is 0 Å². The average Bonchev–Trinajstić information content (AvgIpc) is 2.43. The molecule has 1 aromatic heterocycles. The van der Waals surface area contributed by atoms with Crippen LogP contribution in [0.15, 0.2) is 18.3 Å². The molecule has 0 aliphatic rings. The Morgan fingerprint density at radius 2 is 2.14 bits per heavy atom. The Balaban J connectivity index is 2.70. The summed E-state index contributed by atoms with van der Waals surface area (Å²) in [6.07, 6.45) is -0.680. The highest BCUT2D eigenvalue weighted by atomic mass is 19.3. The summed E-state index contributed by atoms with van der Waals surface area (Å²) >= 11 is 0. The molecule has 1 aromatic rings. The molecule has 1 unspecified atom stereocenters. The van der Waals surface area contributed by atoms with Gasteiger partial charge >= 0.3 is 0 Å². The molecule has 0 bridgehead atoms. The molecule has 1 amide bonds. The standard InChI is InChI=1S/C15H22F2N2O3/c1-15(2,3)7-10(8-20)19-14(21)12-6-11(4-5-18-12)22-9-13(16)17/h4-6,10,13,20H,7-9H2,1-3H3,(H,19,21). The van der Waals surface area contributed by atoms with Gasteiger partial charge in [-0.2, -0.15) is 0 Å². The van der Waals surface area contributed by atoms with Crippen molar-refractivity contribution in [3.8, 4) is 5.75 Å². The number of alkyl halides is 2. The van der Waals surface area contributed by atoms with Crippen LogP contribution in [0.3, 0.4) is 0 Å². The number of carbonyl (C=O) groups is 1. The summed E-state index contributed by atoms with van der Waals surface area (Å²) in [5.41, 5.74) is -0.00445. The molecule has 2 N–H and O–H groups in total. The Morgan fingerprint density at radius 1 is 1.45 bits per heavy atom. The molecule has 0 saturated carbocycles. The first-order valence-electron chi connectivity index (χ1n) is 7.00. The van der Waals surface area contributed by atoms with Crippen molar-refractivity contribution in [3.05, 3.63) is 24.0 Å². The third-order valence-corrected chi connectivity index (χ3v) is 2.75. The molecule has 0 saturated heterocycles. The Labute approximate surface area is 128 Å². The summed E-state index contributed by atoms with van der Waals surface area (Å²) in [7, 11) is 0. The fourth-order valence-corrected chi connectivity index (χ4v) is 1.94. The van der Waals surface area contributed by atoms with E-state index in [9.17, 15) is 18.7 Å². The van der Waals surface area contributed by atoms with Crippen molar-refractivity contribution >= 4 is 5.91 Å². The Hall–Kier alpha value is -1.76. The summed E-state index contributed by atoms with van der Waals surface area (Å²) in [5, 5.41) is 12.0. The van der Waals surface area contributed by atoms with Crippen LogP contribution >= 0.6 is 0 Å². The first-order valence-corrected chi connectivity index (χ1v) is 7.00. The molecule has 0 aliphatic carbocycles. The zero-order chi connectivity index (χ0) is 16.8. The highest BCUT2D eigenvalue weighted by Gasteiger charge is 2.21. The molecular weight excluding hydrogens is 294 g/mol. The number of carbonyl (C=O) groups excluding carboxylic acids is 1. The highest BCUT2D eigenvalue weighted by Crippen LogP contribution is 2.21. The topological polar surface area (TPSA) is 71.5 Å². The van der Waals surface area contributed by atoms with Gasteiger partial charge in [0.1, 0.15) is 18.1 Å². The number of amides is 1. The van der Waals surface area contributed by atoms with Crippen molar-refractivity contribution in [1.29, 1.82) is 0 Å². The molecule has 124 valence electrons. The third-order valence-electron chi connectivity index (χ3n) is 2.75. The Bertz CT molecular complexity index is 490. The number of hydrogen-bond acceptors (Lipinski definition) is 4. The van der Waals surface area contributed by atoms with Crippen LogP contribution in [0.25, 0.3) is 0 Å². The van der Waals surface area contributed by atoms with Crippen LogP contribution in [0.5, 0.6) is 5.75 Å². The lowest BCUT2D eigenvalue weighted by atomic mass is 9.88. The van der Waals surface area contributed by atoms with Crippen LogP contribution in [0, 0.1) is 5.41 Å². The van der Waals surface area contributed by atoms with Crippen molar-refractivity contribution in [2.24, 2.45) is 5.41 Å². The molecular formula is C15H22F2N2O3. The van der Waals surface area contributed by atoms with E-state index < -0.39 is 25.0 Å². The number of nitrogens with zero attached hydrogens (tertiary/aromatic N) is 1. The van der Waals surface area contributed by atoms with E-state index in [-0.39, 0.29) is 23.5 Å². The van der Waals surface area contributed by atoms with Gasteiger partial charge in [0.15, 0.2) is 0 Å². The van der Waals surface area contributed by atoms with E-state index in [2.05, 4.69) is 10.3 Å². The summed E-state index contributed by atoms with van der Waals surface area (Å²) < 4.78 is 29.1. The highest BCUT2D eigenvalue weighted by molar-refractivity contribution is 5.92. The largest absolute Gasteiger partial charge is 0.488 e. The van der Waals surface area contributed by atoms with E-state index in [1.807, 2.05) is 20.8 Å². The van der Waals surface area contributed by atoms with Gasteiger partial charge in [0.2, 0.25) is 0 Å². The normalized spacial score (nSPS) is 13.0. The minimum atomic E-state index is -2.59. The first-order chi connectivity index (χ1) is 10.2. The lowest BCUT2D eigenvalue weighted by molar-refractivity contribution is 0.0816. The summed E-state index contributed by atoms with van der Waals surface area (Å²) in [5.74, 6) is -0.331. The van der Waals surface area contributed by atoms with Gasteiger partial charge in [0.05, 0.1) is 12.6 Å². The zero-order valence-corrected chi connectivity index (χ0v) is 13.0. The number of aromatic nitrogens is 1. The number of aliphatic hydroxyl groups is 1. The fraction of sp³-hybridized carbons (Fsp3) is 0.600. The maximum atomic E-state index is 12.1. The van der Waals surface area contributed by atoms with Gasteiger partial charge in [-0.05, 0) is 17.9 Å². The molecule has 0 aliphatic heterocycles. The van der Waals surface area contributed by atoms with Gasteiger partial charge in [-0.3, -0.25) is 9.78 Å². The van der Waals surface area contributed by atoms with Crippen LogP contribution in [0.2, 0.25) is 0 Å². The number of rotatable bonds is 7. The van der Waals surface area contributed by atoms with E-state index in [4.69, 9.17) is 4.74 Å². The van der Waals surface area contributed by atoms with E-state index in [0.29, 0.717) is 6.42 Å². The smallest absolute Gasteiger partial charge is 0.272 e. The number of ether oxygens (including phenoxy) is 1. The molecule has 0 fully saturated rings. The zero-order valence-electron chi connectivity index (χ0n) is 13.0. The summed E-state index contributed by atoms with van der Waals surface area (Å²) in [6, 6.07) is 2.29. The molecule has 22 heavy (non-hydrogen) atoms. The minimum Gasteiger partial charge on any atom is -0.488 e. The lowest BCUT2D eigenvalue weighted by Crippen LogP contribution is -2.40. The number of hydrogen-bond donors (Lipinski definition) is 2. The summed E-state index contributed by atoms with van der Waals surface area (Å²) in [4.78, 5) is 16.0. The second-order valence-corrected chi connectivity index (χ2v) is 6.20. The van der Waals surface area contributed by atoms with Crippen LogP contribution < -0.4 is 10.1 Å². The molecule has 1 heterocycles. The van der Waals surface area contributed by atoms with Crippen LogP contribution in [-0.2, 0) is 0 Å². The monoisotopic (exact) mass is 316 g/mol. The van der Waals surface area contributed by atoms with E-state index in [0.717, 1.165) is 0 Å². The van der Waals surface area contributed by atoms with Crippen molar-refractivity contribution in [2.45, 2.75) is 39.7 Å². The molecule has 5 nitrogen and oxygen atoms in total. The maximum absolute atomic E-state index is 12.1. The molecule has 0 aromatic carbocycles. The van der Waals surface area contributed by atoms with Gasteiger partial charge in [-0.25, -0.2) is 8.78 Å². The molecule has 1 atom stereocenters. The van der Waals surface area contributed by atoms with Crippen LogP contribution in [0.1, 0.15) is 37.7 Å². The number of halogens is 2. The number of aliphatic hydroxyl groups excluding tert-OH is 1. The van der Waals surface area contributed by atoms with Crippen molar-refractivity contribution < 1.29 is 23.4 Å². The van der Waals surface area contributed by atoms with Gasteiger partial charge in [0, 0.05) is 12.3 Å². The molecule has 7 heteroatoms. The van der Waals surface area contributed by atoms with Crippen molar-refractivity contribution in [1.82, 2.24) is 10.3 Å². The van der Waals surface area contributed by atoms with Crippen molar-refractivity contribution in [2.75, 3.05) is 13.2 Å². The second kappa shape index (κ2) is 8.03. The minimum absolute atomic E-state index is 0.0547. The van der Waals surface area contributed by atoms with Crippen LogP contribution in [0.4, 0.5) is 8.78 Å². The first kappa shape index (κ1) is 18.3. The fourth-order valence-electron chi connectivity index (χ4n) is 1.94. The number of nitrogens with one attached hydrogen (secondary N) is 1. The van der Waals surface area contributed by atoms with E-state index in [1.54, 1.807) is 0 Å². The maximum Gasteiger partial charge on any atom is 0.272 e. The average molecular weight is 316 g/mol. The third kappa shape index (κ3) is 6.80. The van der Waals surface area contributed by atoms with Gasteiger partial charge in [-0.1, -0.05) is 20.8 Å². The van der Waals surface area contributed by atoms with Gasteiger partial charge < -0.3 is 15.2 Å². The predicted octanol–water partition coefficient (Wildman–Crippen LogP) is 2.25. The Morgan fingerprint density at radius 3 is 2.68 bits per heavy atom. The van der Waals surface area contributed by atoms with E-state index in [1.165, 1.54) is 18.3 Å². The second-order valence-electron chi connectivity index (χ2n) is 6.20. The predicted molar refractivity (Wildman–Crippen MR) is 78.1 cm³/mol. The van der Waals surface area contributed by atoms with Crippen LogP contribution in [-0.4, -0.2) is 41.7 Å². The summed E-state index contributed by atoms with van der Waals surface area (Å²) in [6.45, 7) is 5.07. The molecule has 0 spiro atoms.